The Labute approximate surface area is 105 Å². The van der Waals surface area contributed by atoms with Gasteiger partial charge in [0.15, 0.2) is 0 Å². The number of hydrogen-bond donors (Lipinski definition) is 1. The minimum atomic E-state index is 0.223. The molecule has 0 saturated heterocycles. The molecule has 7 aliphatic rings. The van der Waals surface area contributed by atoms with Gasteiger partial charge in [-0.25, -0.2) is 0 Å². The minimum Gasteiger partial charge on any atom is -0.324 e. The molecule has 7 rings (SSSR count). The molecule has 0 aromatic rings. The fraction of sp³-hybridized carbons (Fsp3) is 1.00. The summed E-state index contributed by atoms with van der Waals surface area (Å²) in [7, 11) is 0. The van der Waals surface area contributed by atoms with Crippen LogP contribution in [-0.4, -0.2) is 5.54 Å². The molecule has 7 aliphatic carbocycles. The standard InChI is InChI=1S/C16H25N/c1-14-6-10-4-12-11(14)3-9-5-13(14)16(17,8-10)15(12,2)7-9/h9-13H,3-8,17H2,1-2H3/t9-,10+,11-,12-,13-,14+,15+,16-/m1/s1. The Morgan fingerprint density at radius 2 is 1.65 bits per heavy atom. The quantitative estimate of drug-likeness (QED) is 0.681. The molecule has 17 heavy (non-hydrogen) atoms. The van der Waals surface area contributed by atoms with Gasteiger partial charge in [0.2, 0.25) is 0 Å². The molecule has 0 spiro atoms. The number of rotatable bonds is 0. The second kappa shape index (κ2) is 2.35. The maximum absolute atomic E-state index is 7.07. The normalized spacial score (nSPS) is 74.6. The monoisotopic (exact) mass is 231 g/mol. The van der Waals surface area contributed by atoms with Gasteiger partial charge in [-0.1, -0.05) is 13.8 Å². The lowest BCUT2D eigenvalue weighted by atomic mass is 9.25. The molecule has 0 amide bonds. The zero-order valence-corrected chi connectivity index (χ0v) is 11.2. The Morgan fingerprint density at radius 3 is 2.47 bits per heavy atom. The summed E-state index contributed by atoms with van der Waals surface area (Å²) in [6.45, 7) is 5.19. The third-order valence-electron chi connectivity index (χ3n) is 8.44. The van der Waals surface area contributed by atoms with Crippen LogP contribution in [0.25, 0.3) is 0 Å². The van der Waals surface area contributed by atoms with Crippen molar-refractivity contribution in [2.24, 2.45) is 46.2 Å². The summed E-state index contributed by atoms with van der Waals surface area (Å²) in [5, 5.41) is 0. The molecular formula is C16H25N. The largest absolute Gasteiger partial charge is 0.324 e. The van der Waals surface area contributed by atoms with Crippen LogP contribution in [0.15, 0.2) is 0 Å². The van der Waals surface area contributed by atoms with E-state index in [1.807, 2.05) is 0 Å². The van der Waals surface area contributed by atoms with Crippen LogP contribution in [0.2, 0.25) is 0 Å². The van der Waals surface area contributed by atoms with E-state index in [1.54, 1.807) is 6.42 Å². The van der Waals surface area contributed by atoms with Gasteiger partial charge >= 0.3 is 0 Å². The lowest BCUT2D eigenvalue weighted by Crippen LogP contribution is -2.81. The zero-order chi connectivity index (χ0) is 11.6. The van der Waals surface area contributed by atoms with Crippen molar-refractivity contribution >= 4 is 0 Å². The van der Waals surface area contributed by atoms with Crippen LogP contribution in [0, 0.1) is 40.4 Å². The summed E-state index contributed by atoms with van der Waals surface area (Å²) in [5.41, 5.74) is 8.45. The predicted molar refractivity (Wildman–Crippen MR) is 68.3 cm³/mol. The van der Waals surface area contributed by atoms with Crippen molar-refractivity contribution in [3.05, 3.63) is 0 Å². The third kappa shape index (κ3) is 0.760. The molecule has 8 bridgehead atoms. The van der Waals surface area contributed by atoms with Crippen molar-refractivity contribution in [1.82, 2.24) is 0 Å². The van der Waals surface area contributed by atoms with E-state index in [0.29, 0.717) is 10.8 Å². The van der Waals surface area contributed by atoms with Gasteiger partial charge in [-0.05, 0) is 78.9 Å². The molecule has 0 unspecified atom stereocenters. The first-order valence-electron chi connectivity index (χ1n) is 7.76. The molecule has 8 atom stereocenters. The maximum Gasteiger partial charge on any atom is 0.0248 e. The molecule has 94 valence electrons. The van der Waals surface area contributed by atoms with Gasteiger partial charge in [-0.15, -0.1) is 0 Å². The van der Waals surface area contributed by atoms with E-state index < -0.39 is 0 Å². The average molecular weight is 231 g/mol. The highest BCUT2D eigenvalue weighted by molar-refractivity contribution is 5.28. The average Bonchev–Trinajstić information content (AvgIpc) is 2.25. The first kappa shape index (κ1) is 9.83. The highest BCUT2D eigenvalue weighted by atomic mass is 14.9. The first-order chi connectivity index (χ1) is 7.97. The van der Waals surface area contributed by atoms with Crippen molar-refractivity contribution in [3.8, 4) is 0 Å². The Kier molecular flexibility index (Phi) is 1.36. The second-order valence-corrected chi connectivity index (χ2v) is 8.78. The van der Waals surface area contributed by atoms with Crippen molar-refractivity contribution in [1.29, 1.82) is 0 Å². The van der Waals surface area contributed by atoms with Gasteiger partial charge < -0.3 is 5.73 Å². The topological polar surface area (TPSA) is 26.0 Å². The molecule has 0 aromatic heterocycles. The van der Waals surface area contributed by atoms with Crippen molar-refractivity contribution in [3.63, 3.8) is 0 Å². The van der Waals surface area contributed by atoms with E-state index in [2.05, 4.69) is 13.8 Å². The molecule has 1 heteroatoms. The maximum atomic E-state index is 7.07. The summed E-state index contributed by atoms with van der Waals surface area (Å²) in [6, 6.07) is 0. The van der Waals surface area contributed by atoms with E-state index in [0.717, 1.165) is 29.6 Å². The van der Waals surface area contributed by atoms with E-state index in [9.17, 15) is 0 Å². The molecule has 0 aromatic carbocycles. The summed E-state index contributed by atoms with van der Waals surface area (Å²) in [5.74, 6) is 4.90. The van der Waals surface area contributed by atoms with Crippen LogP contribution in [-0.2, 0) is 0 Å². The van der Waals surface area contributed by atoms with E-state index in [4.69, 9.17) is 5.73 Å². The van der Waals surface area contributed by atoms with Crippen molar-refractivity contribution in [2.45, 2.75) is 57.9 Å². The van der Waals surface area contributed by atoms with E-state index in [-0.39, 0.29) is 5.54 Å². The molecule has 7 saturated carbocycles. The number of nitrogens with two attached hydrogens (primary N) is 1. The highest BCUT2D eigenvalue weighted by Gasteiger charge is 2.76. The van der Waals surface area contributed by atoms with Gasteiger partial charge in [0.1, 0.15) is 0 Å². The summed E-state index contributed by atoms with van der Waals surface area (Å²) < 4.78 is 0. The van der Waals surface area contributed by atoms with Gasteiger partial charge in [-0.2, -0.15) is 0 Å². The molecule has 0 radical (unpaired) electrons. The molecule has 0 heterocycles. The first-order valence-corrected chi connectivity index (χ1v) is 7.76. The predicted octanol–water partition coefficient (Wildman–Crippen LogP) is 3.19. The van der Waals surface area contributed by atoms with Crippen LogP contribution in [0.4, 0.5) is 0 Å². The number of hydrogen-bond acceptors (Lipinski definition) is 1. The molecular weight excluding hydrogens is 206 g/mol. The van der Waals surface area contributed by atoms with Gasteiger partial charge in [0, 0.05) is 5.54 Å². The summed E-state index contributed by atoms with van der Waals surface area (Å²) in [4.78, 5) is 0. The van der Waals surface area contributed by atoms with Crippen LogP contribution in [0.5, 0.6) is 0 Å². The summed E-state index contributed by atoms with van der Waals surface area (Å²) >= 11 is 0. The summed E-state index contributed by atoms with van der Waals surface area (Å²) in [6.07, 6.45) is 8.88. The zero-order valence-electron chi connectivity index (χ0n) is 11.2. The molecule has 1 nitrogen and oxygen atoms in total. The fourth-order valence-corrected chi connectivity index (χ4v) is 8.09. The lowest BCUT2D eigenvalue weighted by Gasteiger charge is -2.81. The van der Waals surface area contributed by atoms with Crippen molar-refractivity contribution < 1.29 is 0 Å². The van der Waals surface area contributed by atoms with Gasteiger partial charge in [-0.3, -0.25) is 0 Å². The van der Waals surface area contributed by atoms with Crippen molar-refractivity contribution in [2.75, 3.05) is 0 Å². The Hall–Kier alpha value is -0.0400. The SMILES string of the molecule is C[C@]12C[C@@H]3C[C@@H]4[C@H]1C[C@@H]1C[C@H]2[C@](N)(C3)[C@@]4(C)C1. The van der Waals surface area contributed by atoms with Crippen LogP contribution in [0.1, 0.15) is 52.4 Å². The Morgan fingerprint density at radius 1 is 0.882 bits per heavy atom. The molecule has 7 fully saturated rings. The molecule has 0 aliphatic heterocycles. The Bertz CT molecular complexity index is 418. The van der Waals surface area contributed by atoms with Gasteiger partial charge in [0.05, 0.1) is 0 Å². The minimum absolute atomic E-state index is 0.223. The smallest absolute Gasteiger partial charge is 0.0248 e. The third-order valence-corrected chi connectivity index (χ3v) is 8.44. The molecule has 2 N–H and O–H groups in total. The van der Waals surface area contributed by atoms with Crippen LogP contribution >= 0.6 is 0 Å². The lowest BCUT2D eigenvalue weighted by molar-refractivity contribution is -0.296. The highest BCUT2D eigenvalue weighted by Crippen LogP contribution is 2.80. The van der Waals surface area contributed by atoms with Gasteiger partial charge in [0.25, 0.3) is 0 Å². The fourth-order valence-electron chi connectivity index (χ4n) is 8.09. The van der Waals surface area contributed by atoms with E-state index >= 15 is 0 Å². The van der Waals surface area contributed by atoms with Crippen LogP contribution < -0.4 is 5.73 Å². The van der Waals surface area contributed by atoms with E-state index in [1.165, 1.54) is 32.1 Å². The Balaban J connectivity index is 1.80. The second-order valence-electron chi connectivity index (χ2n) is 8.78. The van der Waals surface area contributed by atoms with Crippen LogP contribution in [0.3, 0.4) is 0 Å².